The molecule has 3 rings (SSSR count). The van der Waals surface area contributed by atoms with Gasteiger partial charge in [0.2, 0.25) is 5.91 Å². The summed E-state index contributed by atoms with van der Waals surface area (Å²) in [7, 11) is 1.33. The quantitative estimate of drug-likeness (QED) is 0.775. The molecule has 1 fully saturated rings. The molecule has 28 heavy (non-hydrogen) atoms. The third-order valence-corrected chi connectivity index (χ3v) is 4.81. The van der Waals surface area contributed by atoms with Gasteiger partial charge in [-0.1, -0.05) is 0 Å². The van der Waals surface area contributed by atoms with Gasteiger partial charge in [-0.2, -0.15) is 0 Å². The first-order chi connectivity index (χ1) is 13.5. The number of piperazine rings is 1. The van der Waals surface area contributed by atoms with Crippen LogP contribution in [0.5, 0.6) is 0 Å². The molecule has 2 aromatic rings. The molecule has 1 aliphatic heterocycles. The molecule has 1 saturated heterocycles. The second-order valence-corrected chi connectivity index (χ2v) is 6.67. The summed E-state index contributed by atoms with van der Waals surface area (Å²) in [5.41, 5.74) is 2.12. The largest absolute Gasteiger partial charge is 0.465 e. The van der Waals surface area contributed by atoms with Gasteiger partial charge >= 0.3 is 5.97 Å². The SMILES string of the molecule is COC(=O)c1ccc(NC(=O)CCN2CCN(c3ccc(F)cc3)CC2)cc1. The van der Waals surface area contributed by atoms with Crippen molar-refractivity contribution in [3.05, 3.63) is 59.9 Å². The Labute approximate surface area is 163 Å². The summed E-state index contributed by atoms with van der Waals surface area (Å²) in [6.07, 6.45) is 0.398. The molecule has 0 radical (unpaired) electrons. The number of anilines is 2. The monoisotopic (exact) mass is 385 g/mol. The third kappa shape index (κ3) is 5.29. The van der Waals surface area contributed by atoms with Crippen LogP contribution < -0.4 is 10.2 Å². The van der Waals surface area contributed by atoms with Crippen LogP contribution in [0, 0.1) is 5.82 Å². The van der Waals surface area contributed by atoms with Crippen LogP contribution in [0.15, 0.2) is 48.5 Å². The highest BCUT2D eigenvalue weighted by Gasteiger charge is 2.18. The lowest BCUT2D eigenvalue weighted by atomic mass is 10.2. The lowest BCUT2D eigenvalue weighted by molar-refractivity contribution is -0.116. The zero-order valence-electron chi connectivity index (χ0n) is 15.9. The molecule has 0 saturated carbocycles. The van der Waals surface area contributed by atoms with E-state index in [1.54, 1.807) is 36.4 Å². The Bertz CT molecular complexity index is 801. The number of carbonyl (C=O) groups is 2. The summed E-state index contributed by atoms with van der Waals surface area (Å²) < 4.78 is 17.7. The predicted molar refractivity (Wildman–Crippen MR) is 106 cm³/mol. The molecule has 1 amide bonds. The second-order valence-electron chi connectivity index (χ2n) is 6.67. The lowest BCUT2D eigenvalue weighted by Gasteiger charge is -2.36. The van der Waals surface area contributed by atoms with Crippen molar-refractivity contribution in [1.82, 2.24) is 4.90 Å². The molecule has 2 aromatic carbocycles. The summed E-state index contributed by atoms with van der Waals surface area (Å²) in [4.78, 5) is 28.1. The van der Waals surface area contributed by atoms with Crippen molar-refractivity contribution in [1.29, 1.82) is 0 Å². The first-order valence-electron chi connectivity index (χ1n) is 9.26. The first-order valence-corrected chi connectivity index (χ1v) is 9.26. The highest BCUT2D eigenvalue weighted by molar-refractivity contribution is 5.93. The van der Waals surface area contributed by atoms with Crippen molar-refractivity contribution < 1.29 is 18.7 Å². The van der Waals surface area contributed by atoms with Crippen molar-refractivity contribution >= 4 is 23.3 Å². The minimum atomic E-state index is -0.405. The van der Waals surface area contributed by atoms with E-state index in [0.29, 0.717) is 24.2 Å². The van der Waals surface area contributed by atoms with Gasteiger partial charge in [0, 0.05) is 50.5 Å². The van der Waals surface area contributed by atoms with E-state index in [4.69, 9.17) is 0 Å². The molecule has 0 bridgehead atoms. The van der Waals surface area contributed by atoms with Crippen LogP contribution in [0.1, 0.15) is 16.8 Å². The van der Waals surface area contributed by atoms with Crippen LogP contribution in [0.3, 0.4) is 0 Å². The van der Waals surface area contributed by atoms with E-state index in [-0.39, 0.29) is 11.7 Å². The zero-order valence-corrected chi connectivity index (χ0v) is 15.9. The fraction of sp³-hybridized carbons (Fsp3) is 0.333. The van der Waals surface area contributed by atoms with Crippen molar-refractivity contribution in [2.45, 2.75) is 6.42 Å². The Balaban J connectivity index is 1.40. The summed E-state index contributed by atoms with van der Waals surface area (Å²) in [5.74, 6) is -0.697. The minimum absolute atomic E-state index is 0.0632. The number of nitrogens with zero attached hydrogens (tertiary/aromatic N) is 2. The van der Waals surface area contributed by atoms with Gasteiger partial charge in [-0.25, -0.2) is 9.18 Å². The Morgan fingerprint density at radius 2 is 1.64 bits per heavy atom. The molecular formula is C21H24FN3O3. The van der Waals surface area contributed by atoms with Crippen LogP contribution in [-0.4, -0.2) is 56.6 Å². The van der Waals surface area contributed by atoms with Gasteiger partial charge in [-0.05, 0) is 48.5 Å². The second kappa shape index (κ2) is 9.32. The number of halogens is 1. The van der Waals surface area contributed by atoms with Gasteiger partial charge in [0.15, 0.2) is 0 Å². The molecule has 0 unspecified atom stereocenters. The number of esters is 1. The van der Waals surface area contributed by atoms with E-state index >= 15 is 0 Å². The highest BCUT2D eigenvalue weighted by Crippen LogP contribution is 2.17. The number of carbonyl (C=O) groups excluding carboxylic acids is 2. The van der Waals surface area contributed by atoms with Crippen molar-refractivity contribution in [2.75, 3.05) is 50.1 Å². The summed E-state index contributed by atoms with van der Waals surface area (Å²) in [6, 6.07) is 13.2. The smallest absolute Gasteiger partial charge is 0.337 e. The molecule has 1 aliphatic rings. The van der Waals surface area contributed by atoms with E-state index in [1.165, 1.54) is 19.2 Å². The minimum Gasteiger partial charge on any atom is -0.465 e. The normalized spacial score (nSPS) is 14.6. The van der Waals surface area contributed by atoms with Gasteiger partial charge in [-0.3, -0.25) is 9.69 Å². The van der Waals surface area contributed by atoms with E-state index in [2.05, 4.69) is 19.9 Å². The molecule has 0 spiro atoms. The molecule has 7 heteroatoms. The first kappa shape index (κ1) is 19.8. The van der Waals surface area contributed by atoms with E-state index < -0.39 is 5.97 Å². The average Bonchev–Trinajstić information content (AvgIpc) is 2.73. The number of hydrogen-bond acceptors (Lipinski definition) is 5. The number of rotatable bonds is 6. The van der Waals surface area contributed by atoms with Crippen LogP contribution in [0.2, 0.25) is 0 Å². The molecule has 1 N–H and O–H groups in total. The van der Waals surface area contributed by atoms with E-state index in [0.717, 1.165) is 31.9 Å². The van der Waals surface area contributed by atoms with Gasteiger partial charge in [0.05, 0.1) is 12.7 Å². The molecule has 0 atom stereocenters. The number of amides is 1. The Morgan fingerprint density at radius 1 is 1.00 bits per heavy atom. The maximum absolute atomic E-state index is 13.0. The lowest BCUT2D eigenvalue weighted by Crippen LogP contribution is -2.47. The molecule has 6 nitrogen and oxygen atoms in total. The van der Waals surface area contributed by atoms with Crippen LogP contribution >= 0.6 is 0 Å². The molecular weight excluding hydrogens is 361 g/mol. The maximum Gasteiger partial charge on any atom is 0.337 e. The fourth-order valence-corrected chi connectivity index (χ4v) is 3.17. The molecule has 148 valence electrons. The number of nitrogens with one attached hydrogen (secondary N) is 1. The van der Waals surface area contributed by atoms with Crippen LogP contribution in [0.25, 0.3) is 0 Å². The number of benzene rings is 2. The highest BCUT2D eigenvalue weighted by atomic mass is 19.1. The van der Waals surface area contributed by atoms with Crippen molar-refractivity contribution in [3.63, 3.8) is 0 Å². The fourth-order valence-electron chi connectivity index (χ4n) is 3.17. The molecule has 0 aliphatic carbocycles. The maximum atomic E-state index is 13.0. The standard InChI is InChI=1S/C21H24FN3O3/c1-28-21(27)16-2-6-18(7-3-16)23-20(26)10-11-24-12-14-25(15-13-24)19-8-4-17(22)5-9-19/h2-9H,10-15H2,1H3,(H,23,26). The summed E-state index contributed by atoms with van der Waals surface area (Å²) in [6.45, 7) is 4.10. The molecule has 1 heterocycles. The molecule has 0 aromatic heterocycles. The van der Waals surface area contributed by atoms with E-state index in [1.807, 2.05) is 0 Å². The Morgan fingerprint density at radius 3 is 2.25 bits per heavy atom. The van der Waals surface area contributed by atoms with Crippen molar-refractivity contribution in [3.8, 4) is 0 Å². The van der Waals surface area contributed by atoms with Gasteiger partial charge in [0.1, 0.15) is 5.82 Å². The van der Waals surface area contributed by atoms with Crippen LogP contribution in [-0.2, 0) is 9.53 Å². The van der Waals surface area contributed by atoms with Gasteiger partial charge in [-0.15, -0.1) is 0 Å². The Hall–Kier alpha value is -2.93. The number of methoxy groups -OCH3 is 1. The Kier molecular flexibility index (Phi) is 6.60. The average molecular weight is 385 g/mol. The zero-order chi connectivity index (χ0) is 19.9. The number of hydrogen-bond donors (Lipinski definition) is 1. The van der Waals surface area contributed by atoms with Crippen LogP contribution in [0.4, 0.5) is 15.8 Å². The van der Waals surface area contributed by atoms with E-state index in [9.17, 15) is 14.0 Å². The van der Waals surface area contributed by atoms with Crippen molar-refractivity contribution in [2.24, 2.45) is 0 Å². The van der Waals surface area contributed by atoms with Gasteiger partial charge < -0.3 is 15.0 Å². The van der Waals surface area contributed by atoms with Gasteiger partial charge in [0.25, 0.3) is 0 Å². The number of ether oxygens (including phenoxy) is 1. The summed E-state index contributed by atoms with van der Waals surface area (Å²) >= 11 is 0. The topological polar surface area (TPSA) is 61.9 Å². The predicted octanol–water partition coefficient (Wildman–Crippen LogP) is 2.76. The third-order valence-electron chi connectivity index (χ3n) is 4.81. The summed E-state index contributed by atoms with van der Waals surface area (Å²) in [5, 5.41) is 2.84.